The Hall–Kier alpha value is -3.75. The van der Waals surface area contributed by atoms with E-state index >= 15 is 0 Å². The number of carbonyl (C=O) groups excluding carboxylic acids is 1. The summed E-state index contributed by atoms with van der Waals surface area (Å²) in [5.41, 5.74) is -0.523. The minimum atomic E-state index is -0.686. The maximum absolute atomic E-state index is 12.6. The Morgan fingerprint density at radius 3 is 2.66 bits per heavy atom. The van der Waals surface area contributed by atoms with Crippen LogP contribution >= 0.6 is 0 Å². The maximum atomic E-state index is 12.6. The van der Waals surface area contributed by atoms with Crippen molar-refractivity contribution in [2.75, 3.05) is 20.8 Å². The number of methoxy groups -OCH3 is 2. The molecule has 9 heteroatoms. The van der Waals surface area contributed by atoms with Crippen molar-refractivity contribution in [2.24, 2.45) is 0 Å². The highest BCUT2D eigenvalue weighted by molar-refractivity contribution is 5.93. The van der Waals surface area contributed by atoms with Gasteiger partial charge in [0.05, 0.1) is 27.0 Å². The lowest BCUT2D eigenvalue weighted by Gasteiger charge is -2.10. The van der Waals surface area contributed by atoms with E-state index in [2.05, 4.69) is 10.3 Å². The molecule has 0 aliphatic rings. The van der Waals surface area contributed by atoms with Crippen molar-refractivity contribution in [3.63, 3.8) is 0 Å². The molecule has 0 spiro atoms. The molecule has 0 radical (unpaired) electrons. The van der Waals surface area contributed by atoms with Gasteiger partial charge in [0.1, 0.15) is 11.3 Å². The van der Waals surface area contributed by atoms with Crippen LogP contribution in [0.4, 0.5) is 0 Å². The number of benzene rings is 1. The number of ether oxygens (including phenoxy) is 2. The average molecular weight is 399 g/mol. The van der Waals surface area contributed by atoms with Crippen LogP contribution in [0.3, 0.4) is 0 Å². The van der Waals surface area contributed by atoms with Gasteiger partial charge in [-0.25, -0.2) is 4.79 Å². The Bertz CT molecular complexity index is 1100. The normalized spacial score (nSPS) is 10.6. The van der Waals surface area contributed by atoms with Gasteiger partial charge in [-0.3, -0.25) is 14.2 Å². The molecular weight excluding hydrogens is 378 g/mol. The monoisotopic (exact) mass is 399 g/mol. The minimum absolute atomic E-state index is 0.0616. The first-order valence-electron chi connectivity index (χ1n) is 8.87. The molecule has 3 rings (SSSR count). The Kier molecular flexibility index (Phi) is 6.18. The lowest BCUT2D eigenvalue weighted by Crippen LogP contribution is -2.41. The first kappa shape index (κ1) is 20.0. The predicted octanol–water partition coefficient (Wildman–Crippen LogP) is 1.17. The predicted molar refractivity (Wildman–Crippen MR) is 105 cm³/mol. The molecule has 0 fully saturated rings. The maximum Gasteiger partial charge on any atom is 0.328 e. The van der Waals surface area contributed by atoms with Gasteiger partial charge < -0.3 is 24.2 Å². The highest BCUT2D eigenvalue weighted by Gasteiger charge is 2.15. The van der Waals surface area contributed by atoms with E-state index in [1.165, 1.54) is 6.26 Å². The molecule has 3 aromatic rings. The summed E-state index contributed by atoms with van der Waals surface area (Å²) < 4.78 is 16.5. The van der Waals surface area contributed by atoms with Crippen LogP contribution in [0.2, 0.25) is 0 Å². The summed E-state index contributed by atoms with van der Waals surface area (Å²) in [4.78, 5) is 39.4. The summed E-state index contributed by atoms with van der Waals surface area (Å²) in [7, 11) is 3.11. The molecule has 9 nitrogen and oxygen atoms in total. The topological polar surface area (TPSA) is 116 Å². The number of hydrogen-bond donors (Lipinski definition) is 2. The molecule has 0 saturated heterocycles. The van der Waals surface area contributed by atoms with Crippen LogP contribution in [0.1, 0.15) is 21.7 Å². The molecule has 0 bridgehead atoms. The Morgan fingerprint density at radius 1 is 1.17 bits per heavy atom. The molecule has 1 amide bonds. The number of nitrogens with zero attached hydrogens (tertiary/aromatic N) is 1. The van der Waals surface area contributed by atoms with Crippen molar-refractivity contribution in [3.8, 4) is 11.5 Å². The molecule has 0 atom stereocenters. The van der Waals surface area contributed by atoms with Crippen molar-refractivity contribution in [1.29, 1.82) is 0 Å². The minimum Gasteiger partial charge on any atom is -0.493 e. The first-order valence-corrected chi connectivity index (χ1v) is 8.87. The van der Waals surface area contributed by atoms with Crippen LogP contribution in [0.5, 0.6) is 11.5 Å². The van der Waals surface area contributed by atoms with Gasteiger partial charge in [-0.1, -0.05) is 6.07 Å². The molecule has 1 aromatic carbocycles. The average Bonchev–Trinajstić information content (AvgIpc) is 3.24. The number of aromatic amines is 1. The summed E-state index contributed by atoms with van der Waals surface area (Å²) in [6, 6.07) is 8.76. The number of furan rings is 1. The van der Waals surface area contributed by atoms with Crippen molar-refractivity contribution >= 4 is 5.91 Å². The van der Waals surface area contributed by atoms with Gasteiger partial charge >= 0.3 is 5.69 Å². The number of nitrogens with one attached hydrogen (secondary N) is 2. The second-order valence-corrected chi connectivity index (χ2v) is 6.17. The van der Waals surface area contributed by atoms with Crippen LogP contribution in [-0.4, -0.2) is 36.2 Å². The van der Waals surface area contributed by atoms with Gasteiger partial charge in [-0.05, 0) is 36.2 Å². The van der Waals surface area contributed by atoms with E-state index in [1.807, 2.05) is 12.1 Å². The third-order valence-electron chi connectivity index (χ3n) is 4.35. The van der Waals surface area contributed by atoms with E-state index in [-0.39, 0.29) is 12.1 Å². The van der Waals surface area contributed by atoms with Crippen LogP contribution in [0, 0.1) is 0 Å². The number of rotatable bonds is 8. The van der Waals surface area contributed by atoms with Gasteiger partial charge in [0.2, 0.25) is 0 Å². The standard InChI is InChI=1S/C20H21N3O6/c1-27-16-6-5-13(10-17(16)28-2)7-8-21-18(24)15-11-22-20(26)23(19(15)25)12-14-4-3-9-29-14/h3-6,9-11H,7-8,12H2,1-2H3,(H,21,24)(H,22,26). The number of carbonyl (C=O) groups is 1. The number of aromatic nitrogens is 2. The molecule has 0 saturated carbocycles. The zero-order valence-corrected chi connectivity index (χ0v) is 16.1. The van der Waals surface area contributed by atoms with E-state index in [0.29, 0.717) is 30.2 Å². The fraction of sp³-hybridized carbons (Fsp3) is 0.250. The molecule has 2 aromatic heterocycles. The van der Waals surface area contributed by atoms with Crippen LogP contribution in [-0.2, 0) is 13.0 Å². The van der Waals surface area contributed by atoms with Crippen molar-refractivity contribution in [1.82, 2.24) is 14.9 Å². The van der Waals surface area contributed by atoms with Crippen LogP contribution in [0.15, 0.2) is 56.8 Å². The fourth-order valence-corrected chi connectivity index (χ4v) is 2.83. The van der Waals surface area contributed by atoms with E-state index < -0.39 is 17.2 Å². The Morgan fingerprint density at radius 2 is 1.97 bits per heavy atom. The second kappa shape index (κ2) is 8.96. The molecule has 2 heterocycles. The summed E-state index contributed by atoms with van der Waals surface area (Å²) >= 11 is 0. The summed E-state index contributed by atoms with van der Waals surface area (Å²) in [5, 5.41) is 2.69. The van der Waals surface area contributed by atoms with Crippen LogP contribution in [0.25, 0.3) is 0 Å². The zero-order chi connectivity index (χ0) is 20.8. The third-order valence-corrected chi connectivity index (χ3v) is 4.35. The quantitative estimate of drug-likeness (QED) is 0.587. The van der Waals surface area contributed by atoms with Gasteiger partial charge in [-0.2, -0.15) is 0 Å². The molecule has 0 aliphatic carbocycles. The SMILES string of the molecule is COc1ccc(CCNC(=O)c2c[nH]c(=O)n(Cc3ccco3)c2=O)cc1OC. The second-order valence-electron chi connectivity index (χ2n) is 6.17. The van der Waals surface area contributed by atoms with Crippen molar-refractivity contribution in [2.45, 2.75) is 13.0 Å². The van der Waals surface area contributed by atoms with Gasteiger partial charge in [0, 0.05) is 12.7 Å². The Labute approximate surface area is 165 Å². The van der Waals surface area contributed by atoms with E-state index in [1.54, 1.807) is 32.4 Å². The highest BCUT2D eigenvalue weighted by atomic mass is 16.5. The van der Waals surface area contributed by atoms with Crippen molar-refractivity contribution < 1.29 is 18.7 Å². The number of amides is 1. The van der Waals surface area contributed by atoms with Crippen molar-refractivity contribution in [3.05, 3.63) is 80.5 Å². The molecular formula is C20H21N3O6. The smallest absolute Gasteiger partial charge is 0.328 e. The zero-order valence-electron chi connectivity index (χ0n) is 16.1. The lowest BCUT2D eigenvalue weighted by molar-refractivity contribution is 0.0951. The molecule has 152 valence electrons. The van der Waals surface area contributed by atoms with E-state index in [9.17, 15) is 14.4 Å². The fourth-order valence-electron chi connectivity index (χ4n) is 2.83. The van der Waals surface area contributed by atoms with Gasteiger partial charge in [0.15, 0.2) is 11.5 Å². The third kappa shape index (κ3) is 4.57. The van der Waals surface area contributed by atoms with Gasteiger partial charge in [0.25, 0.3) is 11.5 Å². The molecule has 29 heavy (non-hydrogen) atoms. The number of hydrogen-bond acceptors (Lipinski definition) is 6. The summed E-state index contributed by atoms with van der Waals surface area (Å²) in [6.07, 6.45) is 3.09. The van der Waals surface area contributed by atoms with Crippen LogP contribution < -0.4 is 26.0 Å². The summed E-state index contributed by atoms with van der Waals surface area (Å²) in [6.45, 7) is 0.235. The highest BCUT2D eigenvalue weighted by Crippen LogP contribution is 2.27. The summed E-state index contributed by atoms with van der Waals surface area (Å²) in [5.74, 6) is 1.08. The molecule has 0 unspecified atom stereocenters. The number of H-pyrrole nitrogens is 1. The Balaban J connectivity index is 1.68. The lowest BCUT2D eigenvalue weighted by atomic mass is 10.1. The van der Waals surface area contributed by atoms with E-state index in [4.69, 9.17) is 13.9 Å². The first-order chi connectivity index (χ1) is 14.0. The molecule has 2 N–H and O–H groups in total. The van der Waals surface area contributed by atoms with Gasteiger partial charge in [-0.15, -0.1) is 0 Å². The van der Waals surface area contributed by atoms with E-state index in [0.717, 1.165) is 16.3 Å². The largest absolute Gasteiger partial charge is 0.493 e. The molecule has 0 aliphatic heterocycles.